The van der Waals surface area contributed by atoms with E-state index in [0.717, 1.165) is 12.5 Å². The molecule has 1 aromatic carbocycles. The molecule has 1 saturated carbocycles. The maximum absolute atomic E-state index is 6.22. The van der Waals surface area contributed by atoms with Crippen LogP contribution in [-0.2, 0) is 0 Å². The first-order chi connectivity index (χ1) is 9.54. The maximum Gasteiger partial charge on any atom is 0.0107 e. The second-order valence-corrected chi connectivity index (χ2v) is 8.68. The third kappa shape index (κ3) is 2.78. The molecule has 1 heterocycles. The third-order valence-corrected chi connectivity index (χ3v) is 6.83. The number of nitrogens with two attached hydrogens (primary N) is 1. The molecule has 1 aliphatic heterocycles. The largest absolute Gasteiger partial charge is 0.330 e. The SMILES string of the molecule is CC1(C)CCC(CN)(CC2CSc3ccccc32)CC1. The average Bonchev–Trinajstić information content (AvgIpc) is 2.85. The van der Waals surface area contributed by atoms with Crippen LogP contribution in [0.5, 0.6) is 0 Å². The van der Waals surface area contributed by atoms with Crippen LogP contribution in [0, 0.1) is 10.8 Å². The van der Waals surface area contributed by atoms with Gasteiger partial charge in [-0.2, -0.15) is 0 Å². The van der Waals surface area contributed by atoms with Crippen molar-refractivity contribution in [2.45, 2.75) is 56.8 Å². The molecule has 2 N–H and O–H groups in total. The Balaban J connectivity index is 1.74. The van der Waals surface area contributed by atoms with Crippen molar-refractivity contribution in [1.82, 2.24) is 0 Å². The van der Waals surface area contributed by atoms with E-state index in [2.05, 4.69) is 38.1 Å². The van der Waals surface area contributed by atoms with E-state index >= 15 is 0 Å². The Morgan fingerprint density at radius 1 is 1.15 bits per heavy atom. The minimum absolute atomic E-state index is 0.401. The second kappa shape index (κ2) is 5.38. The van der Waals surface area contributed by atoms with Crippen molar-refractivity contribution in [2.75, 3.05) is 12.3 Å². The predicted octanol–water partition coefficient (Wildman–Crippen LogP) is 4.81. The molecule has 0 spiro atoms. The average molecular weight is 289 g/mol. The molecule has 0 aromatic heterocycles. The first-order valence-electron chi connectivity index (χ1n) is 7.95. The van der Waals surface area contributed by atoms with E-state index in [0.29, 0.717) is 10.8 Å². The highest BCUT2D eigenvalue weighted by molar-refractivity contribution is 7.99. The van der Waals surface area contributed by atoms with Crippen LogP contribution in [-0.4, -0.2) is 12.3 Å². The lowest BCUT2D eigenvalue weighted by atomic mass is 9.62. The first kappa shape index (κ1) is 14.5. The van der Waals surface area contributed by atoms with Crippen molar-refractivity contribution in [1.29, 1.82) is 0 Å². The summed E-state index contributed by atoms with van der Waals surface area (Å²) in [5.41, 5.74) is 8.73. The molecule has 1 aliphatic carbocycles. The molecule has 0 radical (unpaired) electrons. The Morgan fingerprint density at radius 3 is 2.55 bits per heavy atom. The van der Waals surface area contributed by atoms with Crippen molar-refractivity contribution in [3.63, 3.8) is 0 Å². The van der Waals surface area contributed by atoms with Crippen LogP contribution in [0.15, 0.2) is 29.2 Å². The van der Waals surface area contributed by atoms with Crippen LogP contribution < -0.4 is 5.73 Å². The highest BCUT2D eigenvalue weighted by Gasteiger charge is 2.40. The minimum atomic E-state index is 0.401. The molecule has 20 heavy (non-hydrogen) atoms. The summed E-state index contributed by atoms with van der Waals surface area (Å²) in [4.78, 5) is 1.50. The maximum atomic E-state index is 6.22. The van der Waals surface area contributed by atoms with Crippen molar-refractivity contribution < 1.29 is 0 Å². The molecule has 1 nitrogen and oxygen atoms in total. The van der Waals surface area contributed by atoms with Gasteiger partial charge in [-0.25, -0.2) is 0 Å². The molecule has 1 aromatic rings. The number of benzene rings is 1. The van der Waals surface area contributed by atoms with Gasteiger partial charge in [-0.1, -0.05) is 32.0 Å². The van der Waals surface area contributed by atoms with Gasteiger partial charge in [0.05, 0.1) is 0 Å². The molecule has 3 rings (SSSR count). The summed E-state index contributed by atoms with van der Waals surface area (Å²) in [7, 11) is 0. The van der Waals surface area contributed by atoms with E-state index in [1.54, 1.807) is 5.56 Å². The molecule has 2 aliphatic rings. The van der Waals surface area contributed by atoms with Gasteiger partial charge < -0.3 is 5.73 Å². The quantitative estimate of drug-likeness (QED) is 0.864. The minimum Gasteiger partial charge on any atom is -0.330 e. The molecule has 0 saturated heterocycles. The van der Waals surface area contributed by atoms with Gasteiger partial charge >= 0.3 is 0 Å². The summed E-state index contributed by atoms with van der Waals surface area (Å²) in [5.74, 6) is 1.98. The van der Waals surface area contributed by atoms with Crippen LogP contribution in [0.25, 0.3) is 0 Å². The molecule has 0 bridgehead atoms. The zero-order valence-electron chi connectivity index (χ0n) is 12.8. The van der Waals surface area contributed by atoms with Gasteiger partial charge in [-0.05, 0) is 67.0 Å². The zero-order valence-corrected chi connectivity index (χ0v) is 13.6. The monoisotopic (exact) mass is 289 g/mol. The molecule has 2 heteroatoms. The number of rotatable bonds is 3. The Kier molecular flexibility index (Phi) is 3.89. The fourth-order valence-electron chi connectivity index (χ4n) is 3.87. The summed E-state index contributed by atoms with van der Waals surface area (Å²) in [6.45, 7) is 5.69. The Labute approximate surface area is 127 Å². The zero-order chi connectivity index (χ0) is 14.2. The first-order valence-corrected chi connectivity index (χ1v) is 8.94. The Hall–Kier alpha value is -0.470. The predicted molar refractivity (Wildman–Crippen MR) is 88.3 cm³/mol. The number of fused-ring (bicyclic) bond motifs is 1. The highest BCUT2D eigenvalue weighted by atomic mass is 32.2. The van der Waals surface area contributed by atoms with Gasteiger partial charge in [0.2, 0.25) is 0 Å². The normalized spacial score (nSPS) is 27.2. The van der Waals surface area contributed by atoms with E-state index in [1.807, 2.05) is 11.8 Å². The number of hydrogen-bond donors (Lipinski definition) is 1. The summed E-state index contributed by atoms with van der Waals surface area (Å²) in [6.07, 6.45) is 6.61. The van der Waals surface area contributed by atoms with Crippen molar-refractivity contribution in [3.05, 3.63) is 29.8 Å². The van der Waals surface area contributed by atoms with Crippen LogP contribution >= 0.6 is 11.8 Å². The molecular weight excluding hydrogens is 262 g/mol. The molecule has 1 fully saturated rings. The lowest BCUT2D eigenvalue weighted by Crippen LogP contribution is -2.38. The molecule has 1 unspecified atom stereocenters. The van der Waals surface area contributed by atoms with Crippen molar-refractivity contribution in [3.8, 4) is 0 Å². The van der Waals surface area contributed by atoms with Crippen molar-refractivity contribution >= 4 is 11.8 Å². The van der Waals surface area contributed by atoms with Gasteiger partial charge in [-0.3, -0.25) is 0 Å². The van der Waals surface area contributed by atoms with Crippen molar-refractivity contribution in [2.24, 2.45) is 16.6 Å². The standard InChI is InChI=1S/C18H27NS/c1-17(2)7-9-18(13-19,10-8-17)11-14-12-20-16-6-4-3-5-15(14)16/h3-6,14H,7-13,19H2,1-2H3. The highest BCUT2D eigenvalue weighted by Crippen LogP contribution is 2.52. The smallest absolute Gasteiger partial charge is 0.0107 e. The van der Waals surface area contributed by atoms with E-state index in [9.17, 15) is 0 Å². The van der Waals surface area contributed by atoms with Crippen LogP contribution in [0.2, 0.25) is 0 Å². The molecule has 1 atom stereocenters. The van der Waals surface area contributed by atoms with Gasteiger partial charge in [0.25, 0.3) is 0 Å². The molecular formula is C18H27NS. The lowest BCUT2D eigenvalue weighted by molar-refractivity contribution is 0.0942. The molecule has 110 valence electrons. The van der Waals surface area contributed by atoms with Crippen LogP contribution in [0.1, 0.15) is 57.4 Å². The van der Waals surface area contributed by atoms with E-state index in [4.69, 9.17) is 5.73 Å². The summed E-state index contributed by atoms with van der Waals surface area (Å²) < 4.78 is 0. The number of thioether (sulfide) groups is 1. The Bertz CT molecular complexity index is 470. The lowest BCUT2D eigenvalue weighted by Gasteiger charge is -2.44. The van der Waals surface area contributed by atoms with Gasteiger partial charge in [-0.15, -0.1) is 11.8 Å². The van der Waals surface area contributed by atoms with E-state index < -0.39 is 0 Å². The van der Waals surface area contributed by atoms with Crippen LogP contribution in [0.4, 0.5) is 0 Å². The van der Waals surface area contributed by atoms with Crippen LogP contribution in [0.3, 0.4) is 0 Å². The molecule has 0 amide bonds. The van der Waals surface area contributed by atoms with Gasteiger partial charge in [0.1, 0.15) is 0 Å². The van der Waals surface area contributed by atoms with E-state index in [1.165, 1.54) is 42.8 Å². The number of hydrogen-bond acceptors (Lipinski definition) is 2. The van der Waals surface area contributed by atoms with E-state index in [-0.39, 0.29) is 0 Å². The van der Waals surface area contributed by atoms with Gasteiger partial charge in [0.15, 0.2) is 0 Å². The Morgan fingerprint density at radius 2 is 1.85 bits per heavy atom. The summed E-state index contributed by atoms with van der Waals surface area (Å²) in [5, 5.41) is 0. The fourth-order valence-corrected chi connectivity index (χ4v) is 5.12. The third-order valence-electron chi connectivity index (χ3n) is 5.58. The van der Waals surface area contributed by atoms with Gasteiger partial charge in [0, 0.05) is 10.6 Å². The topological polar surface area (TPSA) is 26.0 Å². The summed E-state index contributed by atoms with van der Waals surface area (Å²) >= 11 is 2.03. The summed E-state index contributed by atoms with van der Waals surface area (Å²) in [6, 6.07) is 8.96. The fraction of sp³-hybridized carbons (Fsp3) is 0.667. The second-order valence-electron chi connectivity index (χ2n) is 7.62.